The van der Waals surface area contributed by atoms with Crippen LogP contribution in [-0.2, 0) is 4.79 Å². The molecule has 18 heavy (non-hydrogen) atoms. The number of rotatable bonds is 1. The Morgan fingerprint density at radius 2 is 2.11 bits per heavy atom. The Morgan fingerprint density at radius 1 is 1.28 bits per heavy atom. The fourth-order valence-electron chi connectivity index (χ4n) is 3.25. The van der Waals surface area contributed by atoms with E-state index in [1.54, 1.807) is 0 Å². The number of nitrogens with one attached hydrogen (secondary N) is 1. The molecular formula is C15H20N2O. The molecule has 0 saturated carbocycles. The lowest BCUT2D eigenvalue weighted by atomic mass is 10.00. The molecule has 2 heterocycles. The lowest BCUT2D eigenvalue weighted by molar-refractivity contribution is -0.122. The zero-order chi connectivity index (χ0) is 12.7. The standard InChI is InChI=1S/C15H20N2O/c1-10-6-7-12(11(2)9-10)14-16-15(18)13-5-3-4-8-17(13)14/h6-7,9,13-14H,3-5,8H2,1-2H3,(H,16,18). The monoisotopic (exact) mass is 244 g/mol. The maximum atomic E-state index is 12.0. The van der Waals surface area contributed by atoms with Gasteiger partial charge in [-0.15, -0.1) is 0 Å². The van der Waals surface area contributed by atoms with Crippen molar-refractivity contribution in [1.82, 2.24) is 10.2 Å². The predicted molar refractivity (Wildman–Crippen MR) is 71.1 cm³/mol. The third-order valence-electron chi connectivity index (χ3n) is 4.18. The minimum atomic E-state index is 0.0865. The quantitative estimate of drug-likeness (QED) is 0.822. The molecule has 1 N–H and O–H groups in total. The number of nitrogens with zero attached hydrogens (tertiary/aromatic N) is 1. The number of carbonyl (C=O) groups is 1. The largest absolute Gasteiger partial charge is 0.335 e. The first-order valence-electron chi connectivity index (χ1n) is 6.80. The molecule has 3 nitrogen and oxygen atoms in total. The third-order valence-corrected chi connectivity index (χ3v) is 4.18. The first kappa shape index (κ1) is 11.7. The Balaban J connectivity index is 1.94. The molecule has 3 heteroatoms. The minimum Gasteiger partial charge on any atom is -0.335 e. The molecule has 2 aliphatic rings. The van der Waals surface area contributed by atoms with Gasteiger partial charge in [0.2, 0.25) is 5.91 Å². The summed E-state index contributed by atoms with van der Waals surface area (Å²) in [7, 11) is 0. The molecule has 0 aliphatic carbocycles. The van der Waals surface area contributed by atoms with E-state index in [-0.39, 0.29) is 18.1 Å². The highest BCUT2D eigenvalue weighted by Crippen LogP contribution is 2.33. The molecule has 2 saturated heterocycles. The van der Waals surface area contributed by atoms with Crippen molar-refractivity contribution < 1.29 is 4.79 Å². The second-order valence-electron chi connectivity index (χ2n) is 5.52. The lowest BCUT2D eigenvalue weighted by Gasteiger charge is -2.32. The van der Waals surface area contributed by atoms with Crippen molar-refractivity contribution in [2.75, 3.05) is 6.54 Å². The van der Waals surface area contributed by atoms with E-state index in [4.69, 9.17) is 0 Å². The van der Waals surface area contributed by atoms with Gasteiger partial charge in [-0.2, -0.15) is 0 Å². The van der Waals surface area contributed by atoms with Crippen molar-refractivity contribution in [3.8, 4) is 0 Å². The SMILES string of the molecule is Cc1ccc(C2NC(=O)C3CCCCN32)c(C)c1. The van der Waals surface area contributed by atoms with Crippen LogP contribution in [0.4, 0.5) is 0 Å². The molecule has 2 atom stereocenters. The summed E-state index contributed by atoms with van der Waals surface area (Å²) >= 11 is 0. The van der Waals surface area contributed by atoms with Gasteiger partial charge in [-0.3, -0.25) is 9.69 Å². The Bertz CT molecular complexity index is 483. The molecule has 0 radical (unpaired) electrons. The molecule has 1 amide bonds. The molecule has 1 aromatic rings. The molecule has 0 spiro atoms. The number of hydrogen-bond donors (Lipinski definition) is 1. The topological polar surface area (TPSA) is 32.3 Å². The highest BCUT2D eigenvalue weighted by Gasteiger charge is 2.41. The zero-order valence-electron chi connectivity index (χ0n) is 11.1. The van der Waals surface area contributed by atoms with Crippen molar-refractivity contribution in [2.24, 2.45) is 0 Å². The van der Waals surface area contributed by atoms with Crippen LogP contribution >= 0.6 is 0 Å². The summed E-state index contributed by atoms with van der Waals surface area (Å²) in [5, 5.41) is 3.16. The third kappa shape index (κ3) is 1.83. The zero-order valence-corrected chi connectivity index (χ0v) is 11.1. The summed E-state index contributed by atoms with van der Waals surface area (Å²) < 4.78 is 0. The van der Waals surface area contributed by atoms with Crippen LogP contribution in [0.15, 0.2) is 18.2 Å². The molecule has 1 aromatic carbocycles. The van der Waals surface area contributed by atoms with Gasteiger partial charge in [-0.1, -0.05) is 30.2 Å². The maximum Gasteiger partial charge on any atom is 0.238 e. The number of carbonyl (C=O) groups excluding carboxylic acids is 1. The number of aryl methyl sites for hydroxylation is 2. The van der Waals surface area contributed by atoms with Crippen molar-refractivity contribution in [1.29, 1.82) is 0 Å². The first-order chi connectivity index (χ1) is 8.66. The van der Waals surface area contributed by atoms with Gasteiger partial charge in [0, 0.05) is 6.54 Å². The van der Waals surface area contributed by atoms with Crippen molar-refractivity contribution in [2.45, 2.75) is 45.3 Å². The fourth-order valence-corrected chi connectivity index (χ4v) is 3.25. The van der Waals surface area contributed by atoms with Gasteiger partial charge in [-0.05, 0) is 37.8 Å². The molecule has 0 bridgehead atoms. The second-order valence-corrected chi connectivity index (χ2v) is 5.52. The highest BCUT2D eigenvalue weighted by atomic mass is 16.2. The highest BCUT2D eigenvalue weighted by molar-refractivity contribution is 5.84. The van der Waals surface area contributed by atoms with E-state index in [2.05, 4.69) is 42.3 Å². The Kier molecular flexibility index (Phi) is 2.86. The molecule has 2 fully saturated rings. The Labute approximate surface area is 108 Å². The molecule has 3 rings (SSSR count). The van der Waals surface area contributed by atoms with E-state index in [1.807, 2.05) is 0 Å². The first-order valence-corrected chi connectivity index (χ1v) is 6.80. The average Bonchev–Trinajstić information content (AvgIpc) is 2.68. The van der Waals surface area contributed by atoms with E-state index < -0.39 is 0 Å². The summed E-state index contributed by atoms with van der Waals surface area (Å²) in [6.45, 7) is 5.26. The van der Waals surface area contributed by atoms with Crippen LogP contribution < -0.4 is 5.32 Å². The van der Waals surface area contributed by atoms with E-state index in [1.165, 1.54) is 29.5 Å². The van der Waals surface area contributed by atoms with Crippen molar-refractivity contribution >= 4 is 5.91 Å². The van der Waals surface area contributed by atoms with Crippen molar-refractivity contribution in [3.63, 3.8) is 0 Å². The maximum absolute atomic E-state index is 12.0. The van der Waals surface area contributed by atoms with Gasteiger partial charge < -0.3 is 5.32 Å². The van der Waals surface area contributed by atoms with Gasteiger partial charge in [-0.25, -0.2) is 0 Å². The van der Waals surface area contributed by atoms with Crippen LogP contribution in [0.2, 0.25) is 0 Å². The number of hydrogen-bond acceptors (Lipinski definition) is 2. The van der Waals surface area contributed by atoms with Gasteiger partial charge >= 0.3 is 0 Å². The molecule has 2 aliphatic heterocycles. The van der Waals surface area contributed by atoms with Crippen LogP contribution in [-0.4, -0.2) is 23.4 Å². The fraction of sp³-hybridized carbons (Fsp3) is 0.533. The van der Waals surface area contributed by atoms with Crippen LogP contribution in [0.1, 0.15) is 42.1 Å². The summed E-state index contributed by atoms with van der Waals surface area (Å²) in [5.74, 6) is 0.208. The normalized spacial score (nSPS) is 28.0. The van der Waals surface area contributed by atoms with Crippen molar-refractivity contribution in [3.05, 3.63) is 34.9 Å². The van der Waals surface area contributed by atoms with E-state index >= 15 is 0 Å². The van der Waals surface area contributed by atoms with Crippen LogP contribution in [0.25, 0.3) is 0 Å². The summed E-state index contributed by atoms with van der Waals surface area (Å²) in [6, 6.07) is 6.58. The molecule has 2 unspecified atom stereocenters. The molecular weight excluding hydrogens is 224 g/mol. The molecule has 0 aromatic heterocycles. The lowest BCUT2D eigenvalue weighted by Crippen LogP contribution is -2.38. The van der Waals surface area contributed by atoms with E-state index in [0.717, 1.165) is 13.0 Å². The second kappa shape index (κ2) is 4.39. The smallest absolute Gasteiger partial charge is 0.238 e. The Hall–Kier alpha value is -1.35. The number of piperidine rings is 1. The number of fused-ring (bicyclic) bond motifs is 1. The van der Waals surface area contributed by atoms with Gasteiger partial charge in [0.25, 0.3) is 0 Å². The Morgan fingerprint density at radius 3 is 2.89 bits per heavy atom. The summed E-state index contributed by atoms with van der Waals surface area (Å²) in [5.41, 5.74) is 3.79. The van der Waals surface area contributed by atoms with Gasteiger partial charge in [0.1, 0.15) is 6.17 Å². The van der Waals surface area contributed by atoms with Crippen LogP contribution in [0.3, 0.4) is 0 Å². The van der Waals surface area contributed by atoms with Crippen LogP contribution in [0, 0.1) is 13.8 Å². The van der Waals surface area contributed by atoms with E-state index in [0.29, 0.717) is 0 Å². The summed E-state index contributed by atoms with van der Waals surface area (Å²) in [4.78, 5) is 14.4. The average molecular weight is 244 g/mol. The molecule has 96 valence electrons. The predicted octanol–water partition coefficient (Wildman–Crippen LogP) is 2.29. The van der Waals surface area contributed by atoms with E-state index in [9.17, 15) is 4.79 Å². The summed E-state index contributed by atoms with van der Waals surface area (Å²) in [6.07, 6.45) is 3.47. The van der Waals surface area contributed by atoms with Gasteiger partial charge in [0.05, 0.1) is 6.04 Å². The minimum absolute atomic E-state index is 0.0865. The number of amides is 1. The number of benzene rings is 1. The van der Waals surface area contributed by atoms with Gasteiger partial charge in [0.15, 0.2) is 0 Å². The van der Waals surface area contributed by atoms with Crippen LogP contribution in [0.5, 0.6) is 0 Å².